The molecule has 0 bridgehead atoms. The van der Waals surface area contributed by atoms with Gasteiger partial charge in [-0.05, 0) is 59.9 Å². The van der Waals surface area contributed by atoms with E-state index < -0.39 is 0 Å². The Bertz CT molecular complexity index is 310. The van der Waals surface area contributed by atoms with Gasteiger partial charge in [-0.2, -0.15) is 0 Å². The minimum atomic E-state index is 0.602. The number of rotatable bonds is 3. The maximum Gasteiger partial charge on any atom is 0.106 e. The third-order valence-electron chi connectivity index (χ3n) is 3.01. The molecule has 1 aliphatic heterocycles. The molecule has 3 heteroatoms. The molecule has 0 aliphatic carbocycles. The summed E-state index contributed by atoms with van der Waals surface area (Å²) in [6, 6.07) is 4.83. The van der Waals surface area contributed by atoms with Crippen molar-refractivity contribution in [3.63, 3.8) is 0 Å². The van der Waals surface area contributed by atoms with E-state index in [-0.39, 0.29) is 0 Å². The quantitative estimate of drug-likeness (QED) is 0.782. The summed E-state index contributed by atoms with van der Waals surface area (Å²) in [6.45, 7) is 4.70. The second kappa shape index (κ2) is 5.08. The van der Waals surface area contributed by atoms with Crippen LogP contribution in [0.5, 0.6) is 0 Å². The summed E-state index contributed by atoms with van der Waals surface area (Å²) in [7, 11) is 0. The normalized spacial score (nSPS) is 22.1. The SMILES string of the molecule is CCCN1CCC[C@@H]1c1ccc(Br)nc1. The molecule has 15 heavy (non-hydrogen) atoms. The summed E-state index contributed by atoms with van der Waals surface area (Å²) in [5.74, 6) is 0. The van der Waals surface area contributed by atoms with Crippen LogP contribution >= 0.6 is 15.9 Å². The highest BCUT2D eigenvalue weighted by Crippen LogP contribution is 2.31. The van der Waals surface area contributed by atoms with Crippen molar-refractivity contribution < 1.29 is 0 Å². The number of pyridine rings is 1. The van der Waals surface area contributed by atoms with Crippen LogP contribution < -0.4 is 0 Å². The van der Waals surface area contributed by atoms with E-state index in [1.54, 1.807) is 0 Å². The molecule has 0 aromatic carbocycles. The Morgan fingerprint density at radius 2 is 2.40 bits per heavy atom. The molecule has 2 heterocycles. The molecule has 1 aromatic heterocycles. The fraction of sp³-hybridized carbons (Fsp3) is 0.583. The topological polar surface area (TPSA) is 16.1 Å². The van der Waals surface area contributed by atoms with E-state index in [0.717, 1.165) is 4.60 Å². The molecule has 0 N–H and O–H groups in total. The second-order valence-corrected chi connectivity index (χ2v) is 4.92. The van der Waals surface area contributed by atoms with Crippen molar-refractivity contribution in [2.45, 2.75) is 32.2 Å². The maximum atomic E-state index is 4.31. The van der Waals surface area contributed by atoms with Gasteiger partial charge in [-0.25, -0.2) is 4.98 Å². The fourth-order valence-electron chi connectivity index (χ4n) is 2.34. The zero-order chi connectivity index (χ0) is 10.7. The van der Waals surface area contributed by atoms with Crippen molar-refractivity contribution in [1.82, 2.24) is 9.88 Å². The zero-order valence-corrected chi connectivity index (χ0v) is 10.7. The first-order chi connectivity index (χ1) is 7.31. The van der Waals surface area contributed by atoms with Crippen LogP contribution in [0.3, 0.4) is 0 Å². The van der Waals surface area contributed by atoms with E-state index in [1.807, 2.05) is 12.3 Å². The van der Waals surface area contributed by atoms with Crippen LogP contribution in [-0.2, 0) is 0 Å². The molecular weight excluding hydrogens is 252 g/mol. The van der Waals surface area contributed by atoms with E-state index in [1.165, 1.54) is 37.9 Å². The molecule has 0 saturated carbocycles. The first-order valence-electron chi connectivity index (χ1n) is 5.66. The van der Waals surface area contributed by atoms with Crippen LogP contribution in [0.1, 0.15) is 37.8 Å². The Balaban J connectivity index is 2.11. The molecule has 2 nitrogen and oxygen atoms in total. The minimum absolute atomic E-state index is 0.602. The predicted octanol–water partition coefficient (Wildman–Crippen LogP) is 3.39. The van der Waals surface area contributed by atoms with E-state index in [4.69, 9.17) is 0 Å². The van der Waals surface area contributed by atoms with Crippen molar-refractivity contribution in [3.8, 4) is 0 Å². The largest absolute Gasteiger partial charge is 0.296 e. The Labute approximate surface area is 99.8 Å². The number of aromatic nitrogens is 1. The van der Waals surface area contributed by atoms with Crippen LogP contribution in [0.15, 0.2) is 22.9 Å². The number of hydrogen-bond acceptors (Lipinski definition) is 2. The molecule has 82 valence electrons. The van der Waals surface area contributed by atoms with Crippen LogP contribution in [0.4, 0.5) is 0 Å². The fourth-order valence-corrected chi connectivity index (χ4v) is 2.58. The molecule has 1 atom stereocenters. The summed E-state index contributed by atoms with van der Waals surface area (Å²) in [5.41, 5.74) is 1.36. The average Bonchev–Trinajstić information content (AvgIpc) is 2.68. The number of halogens is 1. The van der Waals surface area contributed by atoms with Crippen LogP contribution in [0.25, 0.3) is 0 Å². The van der Waals surface area contributed by atoms with Crippen molar-refractivity contribution >= 4 is 15.9 Å². The van der Waals surface area contributed by atoms with Crippen molar-refractivity contribution in [1.29, 1.82) is 0 Å². The van der Waals surface area contributed by atoms with E-state index in [9.17, 15) is 0 Å². The lowest BCUT2D eigenvalue weighted by molar-refractivity contribution is 0.257. The highest BCUT2D eigenvalue weighted by molar-refractivity contribution is 9.10. The first kappa shape index (κ1) is 11.1. The number of likely N-dealkylation sites (tertiary alicyclic amines) is 1. The Morgan fingerprint density at radius 1 is 1.53 bits per heavy atom. The lowest BCUT2D eigenvalue weighted by Gasteiger charge is -2.23. The maximum absolute atomic E-state index is 4.31. The monoisotopic (exact) mass is 268 g/mol. The van der Waals surface area contributed by atoms with Crippen LogP contribution in [-0.4, -0.2) is 23.0 Å². The lowest BCUT2D eigenvalue weighted by Crippen LogP contribution is -2.24. The van der Waals surface area contributed by atoms with Gasteiger partial charge in [0.25, 0.3) is 0 Å². The van der Waals surface area contributed by atoms with Gasteiger partial charge in [0.05, 0.1) is 0 Å². The molecule has 0 spiro atoms. The summed E-state index contributed by atoms with van der Waals surface area (Å²) in [6.07, 6.45) is 5.84. The summed E-state index contributed by atoms with van der Waals surface area (Å²) < 4.78 is 0.922. The smallest absolute Gasteiger partial charge is 0.106 e. The third-order valence-corrected chi connectivity index (χ3v) is 3.48. The van der Waals surface area contributed by atoms with E-state index >= 15 is 0 Å². The van der Waals surface area contributed by atoms with E-state index in [0.29, 0.717) is 6.04 Å². The van der Waals surface area contributed by atoms with Gasteiger partial charge in [0, 0.05) is 12.2 Å². The molecule has 0 radical (unpaired) electrons. The molecular formula is C12H17BrN2. The average molecular weight is 269 g/mol. The Morgan fingerprint density at radius 3 is 3.07 bits per heavy atom. The van der Waals surface area contributed by atoms with Gasteiger partial charge in [-0.3, -0.25) is 4.90 Å². The predicted molar refractivity (Wildman–Crippen MR) is 65.8 cm³/mol. The molecule has 2 rings (SSSR count). The Kier molecular flexibility index (Phi) is 3.76. The first-order valence-corrected chi connectivity index (χ1v) is 6.46. The number of nitrogens with zero attached hydrogens (tertiary/aromatic N) is 2. The third kappa shape index (κ3) is 2.58. The molecule has 0 amide bonds. The van der Waals surface area contributed by atoms with Crippen LogP contribution in [0, 0.1) is 0 Å². The van der Waals surface area contributed by atoms with Gasteiger partial charge in [0.15, 0.2) is 0 Å². The Hall–Kier alpha value is -0.410. The van der Waals surface area contributed by atoms with Gasteiger partial charge >= 0.3 is 0 Å². The van der Waals surface area contributed by atoms with Crippen molar-refractivity contribution in [2.24, 2.45) is 0 Å². The summed E-state index contributed by atoms with van der Waals surface area (Å²) in [5, 5.41) is 0. The molecule has 1 aromatic rings. The number of hydrogen-bond donors (Lipinski definition) is 0. The summed E-state index contributed by atoms with van der Waals surface area (Å²) >= 11 is 3.38. The van der Waals surface area contributed by atoms with Gasteiger partial charge in [-0.15, -0.1) is 0 Å². The van der Waals surface area contributed by atoms with Gasteiger partial charge in [0.1, 0.15) is 4.60 Å². The van der Waals surface area contributed by atoms with Gasteiger partial charge in [0.2, 0.25) is 0 Å². The second-order valence-electron chi connectivity index (χ2n) is 4.11. The van der Waals surface area contributed by atoms with Crippen molar-refractivity contribution in [3.05, 3.63) is 28.5 Å². The highest BCUT2D eigenvalue weighted by atomic mass is 79.9. The summed E-state index contributed by atoms with van der Waals surface area (Å²) in [4.78, 5) is 6.88. The zero-order valence-electron chi connectivity index (χ0n) is 9.12. The molecule has 1 aliphatic rings. The minimum Gasteiger partial charge on any atom is -0.296 e. The van der Waals surface area contributed by atoms with Crippen molar-refractivity contribution in [2.75, 3.05) is 13.1 Å². The lowest BCUT2D eigenvalue weighted by atomic mass is 10.1. The van der Waals surface area contributed by atoms with Gasteiger partial charge < -0.3 is 0 Å². The van der Waals surface area contributed by atoms with Crippen LogP contribution in [0.2, 0.25) is 0 Å². The van der Waals surface area contributed by atoms with Gasteiger partial charge in [-0.1, -0.05) is 13.0 Å². The standard InChI is InChI=1S/C12H17BrN2/c1-2-7-15-8-3-4-11(15)10-5-6-12(13)14-9-10/h5-6,9,11H,2-4,7-8H2,1H3/t11-/m1/s1. The molecule has 1 saturated heterocycles. The van der Waals surface area contributed by atoms with E-state index in [2.05, 4.69) is 38.8 Å². The molecule has 0 unspecified atom stereocenters. The highest BCUT2D eigenvalue weighted by Gasteiger charge is 2.24. The molecule has 1 fully saturated rings.